The van der Waals surface area contributed by atoms with E-state index in [1.54, 1.807) is 12.1 Å². The van der Waals surface area contributed by atoms with Gasteiger partial charge in [0.25, 0.3) is 11.8 Å². The molecule has 0 aliphatic carbocycles. The molecule has 11 heteroatoms. The third-order valence-electron chi connectivity index (χ3n) is 5.41. The van der Waals surface area contributed by atoms with E-state index in [0.29, 0.717) is 25.6 Å². The summed E-state index contributed by atoms with van der Waals surface area (Å²) < 4.78 is 37.8. The molecular weight excluding hydrogens is 429 g/mol. The molecule has 32 heavy (non-hydrogen) atoms. The molecule has 0 saturated carbocycles. The molecule has 8 nitrogen and oxygen atoms in total. The molecule has 2 aliphatic rings. The van der Waals surface area contributed by atoms with E-state index >= 15 is 0 Å². The molecule has 2 aliphatic heterocycles. The number of nitrogens with one attached hydrogen (secondary N) is 2. The minimum absolute atomic E-state index is 0.184. The molecule has 1 atom stereocenters. The largest absolute Gasteiger partial charge is 0.433 e. The van der Waals surface area contributed by atoms with E-state index in [1.807, 2.05) is 4.90 Å². The van der Waals surface area contributed by atoms with Gasteiger partial charge >= 0.3 is 6.18 Å². The molecule has 1 unspecified atom stereocenters. The van der Waals surface area contributed by atoms with Gasteiger partial charge in [0.1, 0.15) is 5.69 Å². The fourth-order valence-electron chi connectivity index (χ4n) is 3.76. The van der Waals surface area contributed by atoms with Crippen LogP contribution in [0.1, 0.15) is 50.4 Å². The van der Waals surface area contributed by atoms with Gasteiger partial charge in [0, 0.05) is 31.3 Å². The zero-order valence-electron chi connectivity index (χ0n) is 16.5. The third kappa shape index (κ3) is 4.37. The Hall–Kier alpha value is -3.60. The van der Waals surface area contributed by atoms with Crippen LogP contribution in [0.4, 0.5) is 13.2 Å². The molecule has 1 fully saturated rings. The molecule has 1 aromatic heterocycles. The van der Waals surface area contributed by atoms with Crippen molar-refractivity contribution in [3.05, 3.63) is 64.5 Å². The second kappa shape index (κ2) is 8.15. The Morgan fingerprint density at radius 3 is 2.38 bits per heavy atom. The SMILES string of the molecule is O=C1CCC(N2Cc3ccc(C(=O)NC(=O)c4ccc(C(F)(F)F)nc4)cc3C2)C(=O)N1. The molecule has 1 saturated heterocycles. The van der Waals surface area contributed by atoms with E-state index in [4.69, 9.17) is 0 Å². The molecule has 2 aromatic rings. The zero-order chi connectivity index (χ0) is 23.0. The molecule has 0 spiro atoms. The lowest BCUT2D eigenvalue weighted by atomic mass is 10.0. The Labute approximate surface area is 179 Å². The van der Waals surface area contributed by atoms with Gasteiger partial charge in [-0.15, -0.1) is 0 Å². The van der Waals surface area contributed by atoms with Crippen LogP contribution in [0.3, 0.4) is 0 Å². The highest BCUT2D eigenvalue weighted by atomic mass is 19.4. The van der Waals surface area contributed by atoms with E-state index < -0.39 is 29.7 Å². The number of fused-ring (bicyclic) bond motifs is 1. The van der Waals surface area contributed by atoms with Gasteiger partial charge in [-0.25, -0.2) is 0 Å². The molecular formula is C21H17F3N4O4. The van der Waals surface area contributed by atoms with Crippen molar-refractivity contribution < 1.29 is 32.3 Å². The van der Waals surface area contributed by atoms with Gasteiger partial charge in [-0.05, 0) is 41.8 Å². The summed E-state index contributed by atoms with van der Waals surface area (Å²) >= 11 is 0. The highest BCUT2D eigenvalue weighted by molar-refractivity contribution is 6.10. The number of rotatable bonds is 3. The van der Waals surface area contributed by atoms with Gasteiger partial charge < -0.3 is 0 Å². The first-order valence-corrected chi connectivity index (χ1v) is 9.70. The third-order valence-corrected chi connectivity index (χ3v) is 5.41. The number of aromatic nitrogens is 1. The lowest BCUT2D eigenvalue weighted by Crippen LogP contribution is -2.50. The summed E-state index contributed by atoms with van der Waals surface area (Å²) in [7, 11) is 0. The topological polar surface area (TPSA) is 108 Å². The summed E-state index contributed by atoms with van der Waals surface area (Å²) in [5, 5.41) is 4.46. The van der Waals surface area contributed by atoms with Gasteiger partial charge in [-0.2, -0.15) is 13.2 Å². The fourth-order valence-corrected chi connectivity index (χ4v) is 3.76. The number of alkyl halides is 3. The van der Waals surface area contributed by atoms with Crippen molar-refractivity contribution in [1.29, 1.82) is 0 Å². The van der Waals surface area contributed by atoms with Crippen molar-refractivity contribution in [1.82, 2.24) is 20.5 Å². The lowest BCUT2D eigenvalue weighted by Gasteiger charge is -2.29. The van der Waals surface area contributed by atoms with Gasteiger partial charge in [-0.3, -0.25) is 39.7 Å². The van der Waals surface area contributed by atoms with Crippen LogP contribution >= 0.6 is 0 Å². The highest BCUT2D eigenvalue weighted by Crippen LogP contribution is 2.29. The Bertz CT molecular complexity index is 1120. The number of nitrogens with zero attached hydrogens (tertiary/aromatic N) is 2. The summed E-state index contributed by atoms with van der Waals surface area (Å²) in [6.07, 6.45) is -3.19. The van der Waals surface area contributed by atoms with E-state index in [1.165, 1.54) is 6.07 Å². The zero-order valence-corrected chi connectivity index (χ0v) is 16.5. The van der Waals surface area contributed by atoms with E-state index in [9.17, 15) is 32.3 Å². The van der Waals surface area contributed by atoms with Crippen LogP contribution in [-0.2, 0) is 28.9 Å². The van der Waals surface area contributed by atoms with Crippen molar-refractivity contribution in [2.45, 2.75) is 38.1 Å². The van der Waals surface area contributed by atoms with Crippen molar-refractivity contribution in [3.8, 4) is 0 Å². The lowest BCUT2D eigenvalue weighted by molar-refractivity contribution is -0.141. The molecule has 4 amide bonds. The Morgan fingerprint density at radius 1 is 1.03 bits per heavy atom. The van der Waals surface area contributed by atoms with Gasteiger partial charge in [-0.1, -0.05) is 6.07 Å². The van der Waals surface area contributed by atoms with Gasteiger partial charge in [0.05, 0.1) is 11.6 Å². The average Bonchev–Trinajstić information content (AvgIpc) is 3.16. The number of pyridine rings is 1. The minimum Gasteiger partial charge on any atom is -0.295 e. The van der Waals surface area contributed by atoms with Crippen LogP contribution in [0, 0.1) is 0 Å². The molecule has 2 N–H and O–H groups in total. The van der Waals surface area contributed by atoms with Gasteiger partial charge in [0.2, 0.25) is 11.8 Å². The summed E-state index contributed by atoms with van der Waals surface area (Å²) in [4.78, 5) is 53.3. The normalized spacial score (nSPS) is 18.8. The smallest absolute Gasteiger partial charge is 0.295 e. The summed E-state index contributed by atoms with van der Waals surface area (Å²) in [6.45, 7) is 0.888. The number of carbonyl (C=O) groups is 4. The Kier molecular flexibility index (Phi) is 5.51. The number of hydrogen-bond donors (Lipinski definition) is 2. The van der Waals surface area contributed by atoms with Crippen molar-refractivity contribution >= 4 is 23.6 Å². The summed E-state index contributed by atoms with van der Waals surface area (Å²) in [5.74, 6) is -2.23. The van der Waals surface area contributed by atoms with E-state index in [0.717, 1.165) is 23.4 Å². The number of halogens is 3. The molecule has 166 valence electrons. The number of carbonyl (C=O) groups excluding carboxylic acids is 4. The van der Waals surface area contributed by atoms with Crippen LogP contribution in [0.15, 0.2) is 36.5 Å². The monoisotopic (exact) mass is 446 g/mol. The summed E-state index contributed by atoms with van der Waals surface area (Å²) in [5.41, 5.74) is 0.605. The second-order valence-electron chi connectivity index (χ2n) is 7.57. The molecule has 3 heterocycles. The Balaban J connectivity index is 1.42. The molecule has 4 rings (SSSR count). The first kappa shape index (κ1) is 21.6. The quantitative estimate of drug-likeness (QED) is 0.696. The van der Waals surface area contributed by atoms with Crippen molar-refractivity contribution in [2.24, 2.45) is 0 Å². The minimum atomic E-state index is -4.63. The molecule has 0 radical (unpaired) electrons. The number of amides is 4. The first-order valence-electron chi connectivity index (χ1n) is 9.70. The molecule has 0 bridgehead atoms. The predicted octanol–water partition coefficient (Wildman–Crippen LogP) is 1.79. The fraction of sp³-hybridized carbons (Fsp3) is 0.286. The van der Waals surface area contributed by atoms with Crippen LogP contribution in [0.2, 0.25) is 0 Å². The van der Waals surface area contributed by atoms with Crippen LogP contribution in [0.25, 0.3) is 0 Å². The first-order chi connectivity index (χ1) is 15.1. The standard InChI is InChI=1S/C21H17F3N4O4/c22-21(23,24)16-5-3-12(8-25-16)19(31)27-18(30)11-1-2-13-9-28(10-14(13)7-11)15-4-6-17(29)26-20(15)32/h1-3,5,7-8,15H,4,6,9-10H2,(H,26,29,32)(H,27,30,31). The highest BCUT2D eigenvalue weighted by Gasteiger charge is 2.35. The van der Waals surface area contributed by atoms with E-state index in [-0.39, 0.29) is 29.4 Å². The maximum absolute atomic E-state index is 12.6. The maximum atomic E-state index is 12.6. The van der Waals surface area contributed by atoms with Crippen LogP contribution in [0.5, 0.6) is 0 Å². The number of benzene rings is 1. The maximum Gasteiger partial charge on any atom is 0.433 e. The van der Waals surface area contributed by atoms with Gasteiger partial charge in [0.15, 0.2) is 0 Å². The number of hydrogen-bond acceptors (Lipinski definition) is 6. The van der Waals surface area contributed by atoms with Crippen LogP contribution < -0.4 is 10.6 Å². The summed E-state index contributed by atoms with van der Waals surface area (Å²) in [6, 6.07) is 6.03. The van der Waals surface area contributed by atoms with Crippen LogP contribution in [-0.4, -0.2) is 39.6 Å². The second-order valence-corrected chi connectivity index (χ2v) is 7.57. The Morgan fingerprint density at radius 2 is 1.72 bits per heavy atom. The predicted molar refractivity (Wildman–Crippen MR) is 103 cm³/mol. The van der Waals surface area contributed by atoms with E-state index in [2.05, 4.69) is 15.6 Å². The number of piperidine rings is 1. The van der Waals surface area contributed by atoms with Crippen molar-refractivity contribution in [2.75, 3.05) is 0 Å². The van der Waals surface area contributed by atoms with Crippen molar-refractivity contribution in [3.63, 3.8) is 0 Å². The average molecular weight is 446 g/mol. The molecule has 1 aromatic carbocycles. The number of imide groups is 2.